The van der Waals surface area contributed by atoms with Gasteiger partial charge in [-0.15, -0.1) is 0 Å². The highest BCUT2D eigenvalue weighted by molar-refractivity contribution is 5.84. The van der Waals surface area contributed by atoms with Crippen molar-refractivity contribution in [2.45, 2.75) is 39.3 Å². The Hall–Kier alpha value is -3.59. The fourth-order valence-corrected chi connectivity index (χ4v) is 3.50. The van der Waals surface area contributed by atoms with Gasteiger partial charge >= 0.3 is 0 Å². The lowest BCUT2D eigenvalue weighted by atomic mass is 9.97. The number of benzene rings is 2. The smallest absolute Gasteiger partial charge is 0.228 e. The minimum absolute atomic E-state index is 0.204. The van der Waals surface area contributed by atoms with Gasteiger partial charge in [0.25, 0.3) is 0 Å². The Kier molecular flexibility index (Phi) is 6.53. The molecule has 1 heterocycles. The average Bonchev–Trinajstić information content (AvgIpc) is 3.02. The highest BCUT2D eigenvalue weighted by Gasteiger charge is 2.25. The number of rotatable bonds is 7. The molecule has 154 valence electrons. The first-order valence-electron chi connectivity index (χ1n) is 9.87. The monoisotopic (exact) mass is 402 g/mol. The van der Waals surface area contributed by atoms with E-state index in [1.165, 1.54) is 0 Å². The highest BCUT2D eigenvalue weighted by Crippen LogP contribution is 2.25. The van der Waals surface area contributed by atoms with Crippen LogP contribution in [0.2, 0.25) is 0 Å². The van der Waals surface area contributed by atoms with Crippen molar-refractivity contribution in [2.24, 2.45) is 7.05 Å². The largest absolute Gasteiger partial charge is 0.489 e. The maximum atomic E-state index is 12.8. The van der Waals surface area contributed by atoms with Crippen LogP contribution in [0.15, 0.2) is 54.6 Å². The third-order valence-corrected chi connectivity index (χ3v) is 5.27. The van der Waals surface area contributed by atoms with Gasteiger partial charge < -0.3 is 10.1 Å². The lowest BCUT2D eigenvalue weighted by Gasteiger charge is -2.17. The molecule has 3 rings (SSSR count). The molecule has 0 aliphatic rings. The molecule has 2 atom stereocenters. The van der Waals surface area contributed by atoms with Gasteiger partial charge in [-0.05, 0) is 44.0 Å². The van der Waals surface area contributed by atoms with Crippen LogP contribution in [0.25, 0.3) is 0 Å². The second-order valence-corrected chi connectivity index (χ2v) is 7.34. The van der Waals surface area contributed by atoms with Crippen LogP contribution < -0.4 is 10.1 Å². The van der Waals surface area contributed by atoms with Crippen LogP contribution in [0.4, 0.5) is 0 Å². The zero-order valence-electron chi connectivity index (χ0n) is 17.7. The van der Waals surface area contributed by atoms with E-state index in [2.05, 4.69) is 16.5 Å². The van der Waals surface area contributed by atoms with E-state index in [9.17, 15) is 10.1 Å². The van der Waals surface area contributed by atoms with E-state index in [1.807, 2.05) is 70.3 Å². The van der Waals surface area contributed by atoms with Crippen LogP contribution in [-0.4, -0.2) is 15.7 Å². The van der Waals surface area contributed by atoms with Crippen molar-refractivity contribution in [3.05, 3.63) is 82.7 Å². The molecule has 0 bridgehead atoms. The number of aryl methyl sites for hydroxylation is 2. The molecule has 1 N–H and O–H groups in total. The summed E-state index contributed by atoms with van der Waals surface area (Å²) >= 11 is 0. The molecular formula is C24H26N4O2. The number of ether oxygens (including phenoxy) is 1. The molecule has 0 spiro atoms. The van der Waals surface area contributed by atoms with E-state index < -0.39 is 12.0 Å². The Labute approximate surface area is 177 Å². The summed E-state index contributed by atoms with van der Waals surface area (Å²) in [6.07, 6.45) is 0. The highest BCUT2D eigenvalue weighted by atomic mass is 16.5. The second-order valence-electron chi connectivity index (χ2n) is 7.34. The van der Waals surface area contributed by atoms with E-state index in [0.29, 0.717) is 17.9 Å². The average molecular weight is 402 g/mol. The summed E-state index contributed by atoms with van der Waals surface area (Å²) in [6.45, 7) is 6.14. The second kappa shape index (κ2) is 9.27. The number of carbonyl (C=O) groups excluding carboxylic acids is 1. The van der Waals surface area contributed by atoms with E-state index >= 15 is 0 Å². The van der Waals surface area contributed by atoms with Crippen molar-refractivity contribution in [3.8, 4) is 11.8 Å². The Morgan fingerprint density at radius 3 is 2.40 bits per heavy atom. The molecule has 0 saturated heterocycles. The number of hydrogen-bond donors (Lipinski definition) is 1. The SMILES string of the molecule is Cc1nn(C)c(C)c1C(C)C(=O)NC(C#N)c1ccc(OCc2ccccc2)cc1. The van der Waals surface area contributed by atoms with E-state index in [0.717, 1.165) is 22.5 Å². The maximum absolute atomic E-state index is 12.8. The van der Waals surface area contributed by atoms with Gasteiger partial charge in [-0.3, -0.25) is 9.48 Å². The lowest BCUT2D eigenvalue weighted by Crippen LogP contribution is -2.31. The summed E-state index contributed by atoms with van der Waals surface area (Å²) in [4.78, 5) is 12.8. The molecule has 1 amide bonds. The van der Waals surface area contributed by atoms with Crippen molar-refractivity contribution < 1.29 is 9.53 Å². The minimum Gasteiger partial charge on any atom is -0.489 e. The molecule has 0 radical (unpaired) electrons. The van der Waals surface area contributed by atoms with Crippen molar-refractivity contribution in [1.29, 1.82) is 5.26 Å². The third kappa shape index (κ3) is 4.69. The van der Waals surface area contributed by atoms with Gasteiger partial charge in [0.2, 0.25) is 5.91 Å². The quantitative estimate of drug-likeness (QED) is 0.645. The topological polar surface area (TPSA) is 79.9 Å². The van der Waals surface area contributed by atoms with Crippen LogP contribution >= 0.6 is 0 Å². The van der Waals surface area contributed by atoms with Gasteiger partial charge in [0.1, 0.15) is 18.4 Å². The van der Waals surface area contributed by atoms with Gasteiger partial charge in [-0.2, -0.15) is 10.4 Å². The molecule has 2 unspecified atom stereocenters. The molecule has 6 heteroatoms. The molecule has 0 saturated carbocycles. The minimum atomic E-state index is -0.736. The zero-order valence-corrected chi connectivity index (χ0v) is 17.7. The number of nitrogens with zero attached hydrogens (tertiary/aromatic N) is 3. The summed E-state index contributed by atoms with van der Waals surface area (Å²) in [5, 5.41) is 16.8. The van der Waals surface area contributed by atoms with Gasteiger partial charge in [-0.1, -0.05) is 42.5 Å². The fourth-order valence-electron chi connectivity index (χ4n) is 3.50. The Balaban J connectivity index is 1.65. The Bertz CT molecular complexity index is 1050. The Morgan fingerprint density at radius 1 is 1.17 bits per heavy atom. The molecule has 0 aliphatic heterocycles. The summed E-state index contributed by atoms with van der Waals surface area (Å²) in [7, 11) is 1.86. The van der Waals surface area contributed by atoms with Crippen LogP contribution in [0.5, 0.6) is 5.75 Å². The molecule has 30 heavy (non-hydrogen) atoms. The first-order chi connectivity index (χ1) is 14.4. The molecule has 2 aromatic carbocycles. The van der Waals surface area contributed by atoms with Gasteiger partial charge in [-0.25, -0.2) is 0 Å². The van der Waals surface area contributed by atoms with Crippen molar-refractivity contribution >= 4 is 5.91 Å². The van der Waals surface area contributed by atoms with E-state index in [1.54, 1.807) is 16.8 Å². The van der Waals surface area contributed by atoms with Gasteiger partial charge in [0.15, 0.2) is 0 Å². The summed E-state index contributed by atoms with van der Waals surface area (Å²) in [5.74, 6) is 0.105. The summed E-state index contributed by atoms with van der Waals surface area (Å²) in [5.41, 5.74) is 4.47. The normalized spacial score (nSPS) is 12.6. The number of hydrogen-bond acceptors (Lipinski definition) is 4. The van der Waals surface area contributed by atoms with E-state index in [-0.39, 0.29) is 5.91 Å². The number of nitriles is 1. The van der Waals surface area contributed by atoms with Crippen molar-refractivity contribution in [1.82, 2.24) is 15.1 Å². The van der Waals surface area contributed by atoms with Gasteiger partial charge in [0, 0.05) is 18.3 Å². The number of amides is 1. The summed E-state index contributed by atoms with van der Waals surface area (Å²) < 4.78 is 7.55. The molecular weight excluding hydrogens is 376 g/mol. The third-order valence-electron chi connectivity index (χ3n) is 5.27. The van der Waals surface area contributed by atoms with E-state index in [4.69, 9.17) is 4.74 Å². The predicted octanol–water partition coefficient (Wildman–Crippen LogP) is 4.10. The lowest BCUT2D eigenvalue weighted by molar-refractivity contribution is -0.122. The number of aromatic nitrogens is 2. The molecule has 0 aliphatic carbocycles. The molecule has 6 nitrogen and oxygen atoms in total. The standard InChI is InChI=1S/C24H26N4O2/c1-16(23-17(2)27-28(4)18(23)3)24(29)26-22(14-25)20-10-12-21(13-11-20)30-15-19-8-6-5-7-9-19/h5-13,16,22H,15H2,1-4H3,(H,26,29). The number of nitrogens with one attached hydrogen (secondary N) is 1. The van der Waals surface area contributed by atoms with Crippen LogP contribution in [0.1, 0.15) is 47.0 Å². The fraction of sp³-hybridized carbons (Fsp3) is 0.292. The van der Waals surface area contributed by atoms with Crippen molar-refractivity contribution in [2.75, 3.05) is 0 Å². The number of carbonyl (C=O) groups is 1. The first-order valence-corrected chi connectivity index (χ1v) is 9.87. The Morgan fingerprint density at radius 2 is 1.83 bits per heavy atom. The van der Waals surface area contributed by atoms with Gasteiger partial charge in [0.05, 0.1) is 17.7 Å². The first kappa shape index (κ1) is 21.1. The zero-order chi connectivity index (χ0) is 21.7. The predicted molar refractivity (Wildman–Crippen MR) is 115 cm³/mol. The summed E-state index contributed by atoms with van der Waals surface area (Å²) in [6, 6.07) is 18.6. The molecule has 1 aromatic heterocycles. The maximum Gasteiger partial charge on any atom is 0.228 e. The van der Waals surface area contributed by atoms with Crippen LogP contribution in [0.3, 0.4) is 0 Å². The van der Waals surface area contributed by atoms with Crippen LogP contribution in [0, 0.1) is 25.2 Å². The van der Waals surface area contributed by atoms with Crippen LogP contribution in [-0.2, 0) is 18.4 Å². The molecule has 3 aromatic rings. The molecule has 0 fully saturated rings. The van der Waals surface area contributed by atoms with Crippen molar-refractivity contribution in [3.63, 3.8) is 0 Å².